The second kappa shape index (κ2) is 9.87. The highest BCUT2D eigenvalue weighted by Crippen LogP contribution is 2.27. The van der Waals surface area contributed by atoms with E-state index in [9.17, 15) is 14.7 Å². The van der Waals surface area contributed by atoms with Crippen LogP contribution in [0.3, 0.4) is 0 Å². The second-order valence-corrected chi connectivity index (χ2v) is 9.47. The lowest BCUT2D eigenvalue weighted by molar-refractivity contribution is -0.136. The van der Waals surface area contributed by atoms with Gasteiger partial charge >= 0.3 is 0 Å². The number of amides is 1. The fourth-order valence-corrected chi connectivity index (χ4v) is 5.11. The molecule has 0 saturated carbocycles. The molecule has 1 atom stereocenters. The molecule has 8 heteroatoms. The van der Waals surface area contributed by atoms with Crippen LogP contribution in [0.4, 0.5) is 0 Å². The van der Waals surface area contributed by atoms with Gasteiger partial charge in [0.2, 0.25) is 5.91 Å². The largest absolute Gasteiger partial charge is 0.388 e. The van der Waals surface area contributed by atoms with Gasteiger partial charge in [0.1, 0.15) is 16.8 Å². The van der Waals surface area contributed by atoms with Crippen molar-refractivity contribution in [2.75, 3.05) is 19.7 Å². The van der Waals surface area contributed by atoms with Gasteiger partial charge in [-0.1, -0.05) is 49.1 Å². The zero-order chi connectivity index (χ0) is 23.4. The van der Waals surface area contributed by atoms with Crippen LogP contribution in [0.2, 0.25) is 0 Å². The Hall–Kier alpha value is -2.99. The van der Waals surface area contributed by atoms with E-state index < -0.39 is 5.60 Å². The molecule has 33 heavy (non-hydrogen) atoms. The number of aliphatic hydroxyl groups excluding tert-OH is 1. The third-order valence-corrected chi connectivity index (χ3v) is 7.17. The van der Waals surface area contributed by atoms with Crippen LogP contribution in [0.5, 0.6) is 0 Å². The van der Waals surface area contributed by atoms with Crippen molar-refractivity contribution >= 4 is 27.5 Å². The molecule has 0 radical (unpaired) electrons. The van der Waals surface area contributed by atoms with Gasteiger partial charge in [0.15, 0.2) is 0 Å². The number of fused-ring (bicyclic) bond motifs is 1. The molecule has 1 fully saturated rings. The minimum atomic E-state index is -1.07. The number of nitrogens with zero attached hydrogens (tertiary/aromatic N) is 3. The van der Waals surface area contributed by atoms with Crippen molar-refractivity contribution in [1.29, 1.82) is 0 Å². The van der Waals surface area contributed by atoms with Gasteiger partial charge in [-0.3, -0.25) is 14.2 Å². The quantitative estimate of drug-likeness (QED) is 0.564. The van der Waals surface area contributed by atoms with Gasteiger partial charge in [0.25, 0.3) is 5.56 Å². The number of piperidine rings is 1. The lowest BCUT2D eigenvalue weighted by Crippen LogP contribution is -2.49. The van der Waals surface area contributed by atoms with E-state index in [4.69, 9.17) is 5.11 Å². The first-order valence-corrected chi connectivity index (χ1v) is 11.9. The van der Waals surface area contributed by atoms with Crippen LogP contribution in [0.15, 0.2) is 46.8 Å². The number of hydrogen-bond donors (Lipinski definition) is 2. The molecule has 172 valence electrons. The van der Waals surface area contributed by atoms with Crippen LogP contribution >= 0.6 is 11.3 Å². The highest BCUT2D eigenvalue weighted by molar-refractivity contribution is 7.17. The normalized spacial score (nSPS) is 16.3. The van der Waals surface area contributed by atoms with E-state index in [1.54, 1.807) is 5.38 Å². The Labute approximate surface area is 196 Å². The lowest BCUT2D eigenvalue weighted by atomic mass is 9.90. The molecule has 1 amide bonds. The van der Waals surface area contributed by atoms with Crippen LogP contribution in [-0.2, 0) is 11.3 Å². The average Bonchev–Trinajstić information content (AvgIpc) is 3.24. The molecule has 1 aliphatic heterocycles. The summed E-state index contributed by atoms with van der Waals surface area (Å²) in [5.41, 5.74) is 0.981. The summed E-state index contributed by atoms with van der Waals surface area (Å²) in [6.07, 6.45) is 2.68. The van der Waals surface area contributed by atoms with Crippen molar-refractivity contribution in [3.63, 3.8) is 0 Å². The molecule has 1 aromatic carbocycles. The van der Waals surface area contributed by atoms with Gasteiger partial charge in [-0.05, 0) is 24.3 Å². The first-order chi connectivity index (χ1) is 15.9. The number of hydrogen-bond acceptors (Lipinski definition) is 6. The topological polar surface area (TPSA) is 95.7 Å². The third kappa shape index (κ3) is 5.17. The van der Waals surface area contributed by atoms with E-state index in [-0.39, 0.29) is 30.5 Å². The van der Waals surface area contributed by atoms with Crippen molar-refractivity contribution < 1.29 is 15.0 Å². The average molecular weight is 466 g/mol. The van der Waals surface area contributed by atoms with Gasteiger partial charge in [-0.15, -0.1) is 11.3 Å². The van der Waals surface area contributed by atoms with Crippen molar-refractivity contribution in [3.8, 4) is 11.8 Å². The Morgan fingerprint density at radius 3 is 2.70 bits per heavy atom. The number of benzene rings is 1. The zero-order valence-electron chi connectivity index (χ0n) is 18.5. The summed E-state index contributed by atoms with van der Waals surface area (Å²) in [6.45, 7) is 2.84. The molecular formula is C25H27N3O4S. The van der Waals surface area contributed by atoms with Crippen molar-refractivity contribution in [1.82, 2.24) is 14.5 Å². The molecule has 0 aliphatic carbocycles. The minimum absolute atomic E-state index is 0.0868. The summed E-state index contributed by atoms with van der Waals surface area (Å²) in [7, 11) is 0. The first-order valence-electron chi connectivity index (χ1n) is 11.0. The maximum Gasteiger partial charge on any atom is 0.271 e. The minimum Gasteiger partial charge on any atom is -0.388 e. The standard InChI is InChI=1S/C25H27N3O4S/c1-18(19-6-3-2-4-7-19)14-21(30)27-11-9-25(32,10-12-27)16-28-17-26-22-20(8-5-13-29)15-33-23(22)24(28)31/h2-4,6-7,15,17-18,29,32H,9-14,16H2,1H3/t18-/m1/s1. The fraction of sp³-hybridized carbons (Fsp3) is 0.400. The Bertz CT molecular complexity index is 1250. The number of aliphatic hydroxyl groups is 2. The van der Waals surface area contributed by atoms with Crippen LogP contribution in [-0.4, -0.2) is 55.9 Å². The number of likely N-dealkylation sites (tertiary alicyclic amines) is 1. The Balaban J connectivity index is 1.39. The molecule has 3 aromatic rings. The monoisotopic (exact) mass is 465 g/mol. The summed E-state index contributed by atoms with van der Waals surface area (Å²) in [6, 6.07) is 9.98. The van der Waals surface area contributed by atoms with E-state index >= 15 is 0 Å². The zero-order valence-corrected chi connectivity index (χ0v) is 19.3. The summed E-state index contributed by atoms with van der Waals surface area (Å²) >= 11 is 1.26. The molecule has 2 aromatic heterocycles. The van der Waals surface area contributed by atoms with Crippen molar-refractivity contribution in [3.05, 3.63) is 63.5 Å². The predicted molar refractivity (Wildman–Crippen MR) is 128 cm³/mol. The Morgan fingerprint density at radius 2 is 2.00 bits per heavy atom. The first kappa shape index (κ1) is 23.2. The van der Waals surface area contributed by atoms with Crippen LogP contribution < -0.4 is 5.56 Å². The van der Waals surface area contributed by atoms with E-state index in [1.165, 1.54) is 22.2 Å². The molecule has 2 N–H and O–H groups in total. The van der Waals surface area contributed by atoms with E-state index in [0.717, 1.165) is 5.56 Å². The Morgan fingerprint density at radius 1 is 1.27 bits per heavy atom. The predicted octanol–water partition coefficient (Wildman–Crippen LogP) is 2.35. The molecular weight excluding hydrogens is 438 g/mol. The van der Waals surface area contributed by atoms with Crippen molar-refractivity contribution in [2.24, 2.45) is 0 Å². The maximum absolute atomic E-state index is 12.9. The van der Waals surface area contributed by atoms with Crippen LogP contribution in [0, 0.1) is 11.8 Å². The lowest BCUT2D eigenvalue weighted by Gasteiger charge is -2.38. The molecule has 1 saturated heterocycles. The van der Waals surface area contributed by atoms with E-state index in [0.29, 0.717) is 48.1 Å². The fourth-order valence-electron chi connectivity index (χ4n) is 4.22. The number of aromatic nitrogens is 2. The molecule has 0 unspecified atom stereocenters. The third-order valence-electron chi connectivity index (χ3n) is 6.21. The van der Waals surface area contributed by atoms with E-state index in [1.807, 2.05) is 35.2 Å². The van der Waals surface area contributed by atoms with Crippen LogP contribution in [0.1, 0.15) is 43.2 Å². The van der Waals surface area contributed by atoms with Gasteiger partial charge in [0, 0.05) is 24.9 Å². The maximum atomic E-state index is 12.9. The number of rotatable bonds is 5. The number of carbonyl (C=O) groups excluding carboxylic acids is 1. The van der Waals surface area contributed by atoms with Crippen LogP contribution in [0.25, 0.3) is 10.2 Å². The van der Waals surface area contributed by atoms with Gasteiger partial charge < -0.3 is 15.1 Å². The molecule has 4 rings (SSSR count). The second-order valence-electron chi connectivity index (χ2n) is 8.59. The summed E-state index contributed by atoms with van der Waals surface area (Å²) in [5.74, 6) is 5.60. The molecule has 1 aliphatic rings. The van der Waals surface area contributed by atoms with Gasteiger partial charge in [-0.25, -0.2) is 4.98 Å². The molecule has 0 bridgehead atoms. The van der Waals surface area contributed by atoms with E-state index in [2.05, 4.69) is 23.7 Å². The smallest absolute Gasteiger partial charge is 0.271 e. The molecule has 7 nitrogen and oxygen atoms in total. The number of thiophene rings is 1. The molecule has 3 heterocycles. The van der Waals surface area contributed by atoms with Crippen molar-refractivity contribution in [2.45, 2.75) is 44.2 Å². The summed E-state index contributed by atoms with van der Waals surface area (Å²) in [5, 5.41) is 21.8. The summed E-state index contributed by atoms with van der Waals surface area (Å²) < 4.78 is 1.92. The summed E-state index contributed by atoms with van der Waals surface area (Å²) in [4.78, 5) is 31.9. The van der Waals surface area contributed by atoms with Gasteiger partial charge in [0.05, 0.1) is 24.0 Å². The highest BCUT2D eigenvalue weighted by Gasteiger charge is 2.35. The SMILES string of the molecule is C[C@H](CC(=O)N1CCC(O)(Cn2cnc3c(C#CCO)csc3c2=O)CC1)c1ccccc1. The number of carbonyl (C=O) groups is 1. The highest BCUT2D eigenvalue weighted by atomic mass is 32.1. The molecule has 0 spiro atoms. The van der Waals surface area contributed by atoms with Gasteiger partial charge in [-0.2, -0.15) is 0 Å². The Kier molecular flexibility index (Phi) is 6.94.